The average Bonchev–Trinajstić information content (AvgIpc) is 2.86. The number of hydrogen-bond donors (Lipinski definition) is 0. The van der Waals surface area contributed by atoms with Crippen molar-refractivity contribution in [1.29, 1.82) is 0 Å². The molecule has 0 fully saturated rings. The standard InChI is InChI=1S/C30H47N2O3/c1-5-6-7-8-9-10-11-12-13-14-15-18-23-35-29-21-20-27(24-30(29)34-4)32(26(2)33)25-28-19-16-17-22-31(28)3/h16-17,19-22,24H,5-15,18,23,25H2,1-4H3/q+1. The van der Waals surface area contributed by atoms with Gasteiger partial charge in [-0.3, -0.25) is 4.79 Å². The number of unbranched alkanes of at least 4 members (excludes halogenated alkanes) is 11. The van der Waals surface area contributed by atoms with Crippen molar-refractivity contribution in [3.63, 3.8) is 0 Å². The molecule has 0 unspecified atom stereocenters. The van der Waals surface area contributed by atoms with Crippen LogP contribution < -0.4 is 18.9 Å². The number of carbonyl (C=O) groups excluding carboxylic acids is 1. The van der Waals surface area contributed by atoms with Crippen LogP contribution in [0.1, 0.15) is 96.6 Å². The van der Waals surface area contributed by atoms with Crippen LogP contribution in [0, 0.1) is 0 Å². The van der Waals surface area contributed by atoms with Gasteiger partial charge in [-0.2, -0.15) is 0 Å². The van der Waals surface area contributed by atoms with E-state index in [0.29, 0.717) is 18.9 Å². The van der Waals surface area contributed by atoms with Crippen molar-refractivity contribution < 1.29 is 18.8 Å². The monoisotopic (exact) mass is 483 g/mol. The van der Waals surface area contributed by atoms with Gasteiger partial charge in [-0.15, -0.1) is 0 Å². The zero-order valence-electron chi connectivity index (χ0n) is 22.6. The van der Waals surface area contributed by atoms with E-state index in [1.54, 1.807) is 18.9 Å². The minimum Gasteiger partial charge on any atom is -0.493 e. The molecular weight excluding hydrogens is 436 g/mol. The van der Waals surface area contributed by atoms with E-state index in [9.17, 15) is 4.79 Å². The molecule has 1 aromatic heterocycles. The molecule has 35 heavy (non-hydrogen) atoms. The van der Waals surface area contributed by atoms with Gasteiger partial charge in [0.2, 0.25) is 11.6 Å². The highest BCUT2D eigenvalue weighted by Crippen LogP contribution is 2.32. The minimum atomic E-state index is -0.0129. The summed E-state index contributed by atoms with van der Waals surface area (Å²) in [6.07, 6.45) is 17.9. The van der Waals surface area contributed by atoms with Gasteiger partial charge in [0.1, 0.15) is 13.6 Å². The number of methoxy groups -OCH3 is 1. The molecule has 0 aliphatic heterocycles. The lowest BCUT2D eigenvalue weighted by Gasteiger charge is -2.21. The quantitative estimate of drug-likeness (QED) is 0.167. The number of amides is 1. The Morgan fingerprint density at radius 2 is 1.49 bits per heavy atom. The molecule has 2 rings (SSSR count). The molecule has 0 N–H and O–H groups in total. The van der Waals surface area contributed by atoms with Gasteiger partial charge in [-0.05, 0) is 18.6 Å². The lowest BCUT2D eigenvalue weighted by Crippen LogP contribution is -2.38. The zero-order chi connectivity index (χ0) is 25.3. The number of nitrogens with zero attached hydrogens (tertiary/aromatic N) is 2. The summed E-state index contributed by atoms with van der Waals surface area (Å²) < 4.78 is 13.6. The first-order chi connectivity index (χ1) is 17.1. The number of hydrogen-bond acceptors (Lipinski definition) is 3. The molecule has 0 bridgehead atoms. The predicted molar refractivity (Wildman–Crippen MR) is 144 cm³/mol. The van der Waals surface area contributed by atoms with Crippen molar-refractivity contribution in [1.82, 2.24) is 0 Å². The van der Waals surface area contributed by atoms with E-state index in [2.05, 4.69) is 6.92 Å². The van der Waals surface area contributed by atoms with Gasteiger partial charge in [0.05, 0.1) is 13.7 Å². The largest absolute Gasteiger partial charge is 0.493 e. The minimum absolute atomic E-state index is 0.0129. The third-order valence-electron chi connectivity index (χ3n) is 6.58. The van der Waals surface area contributed by atoms with E-state index in [1.807, 2.05) is 54.2 Å². The molecule has 0 aliphatic rings. The molecule has 0 spiro atoms. The second kappa shape index (κ2) is 17.0. The first-order valence-electron chi connectivity index (χ1n) is 13.6. The molecule has 0 atom stereocenters. The molecule has 0 saturated carbocycles. The first-order valence-corrected chi connectivity index (χ1v) is 13.6. The summed E-state index contributed by atoms with van der Waals surface area (Å²) in [5.41, 5.74) is 1.85. The maximum Gasteiger partial charge on any atom is 0.224 e. The van der Waals surface area contributed by atoms with Gasteiger partial charge in [-0.1, -0.05) is 83.6 Å². The number of pyridine rings is 1. The number of ether oxygens (including phenoxy) is 2. The number of aryl methyl sites for hydroxylation is 1. The van der Waals surface area contributed by atoms with E-state index in [1.165, 1.54) is 70.6 Å². The summed E-state index contributed by atoms with van der Waals surface area (Å²) in [7, 11) is 3.63. The Morgan fingerprint density at radius 3 is 2.06 bits per heavy atom. The van der Waals surface area contributed by atoms with Crippen LogP contribution in [0.2, 0.25) is 0 Å². The van der Waals surface area contributed by atoms with Gasteiger partial charge < -0.3 is 14.4 Å². The van der Waals surface area contributed by atoms with Crippen molar-refractivity contribution in [3.05, 3.63) is 48.3 Å². The van der Waals surface area contributed by atoms with Crippen LogP contribution in [-0.2, 0) is 18.4 Å². The average molecular weight is 484 g/mol. The SMILES string of the molecule is CCCCCCCCCCCCCCOc1ccc(N(Cc2cccc[n+]2C)C(C)=O)cc1OC. The summed E-state index contributed by atoms with van der Waals surface area (Å²) in [6, 6.07) is 11.7. The molecular formula is C30H47N2O3+. The van der Waals surface area contributed by atoms with Crippen LogP contribution in [0.4, 0.5) is 5.69 Å². The van der Waals surface area contributed by atoms with Crippen molar-refractivity contribution in [3.8, 4) is 11.5 Å². The predicted octanol–water partition coefficient (Wildman–Crippen LogP) is 7.15. The molecule has 1 heterocycles. The third-order valence-corrected chi connectivity index (χ3v) is 6.58. The summed E-state index contributed by atoms with van der Waals surface area (Å²) in [5, 5.41) is 0. The number of benzene rings is 1. The van der Waals surface area contributed by atoms with Crippen molar-refractivity contribution in [2.75, 3.05) is 18.6 Å². The fourth-order valence-electron chi connectivity index (χ4n) is 4.34. The van der Waals surface area contributed by atoms with Crippen molar-refractivity contribution >= 4 is 11.6 Å². The van der Waals surface area contributed by atoms with E-state index < -0.39 is 0 Å². The van der Waals surface area contributed by atoms with Crippen molar-refractivity contribution in [2.24, 2.45) is 7.05 Å². The summed E-state index contributed by atoms with van der Waals surface area (Å²) >= 11 is 0. The van der Waals surface area contributed by atoms with E-state index in [-0.39, 0.29) is 5.91 Å². The highest BCUT2D eigenvalue weighted by molar-refractivity contribution is 5.91. The van der Waals surface area contributed by atoms with Crippen LogP contribution >= 0.6 is 0 Å². The Hall–Kier alpha value is -2.56. The van der Waals surface area contributed by atoms with Gasteiger partial charge in [0, 0.05) is 30.8 Å². The number of aromatic nitrogens is 1. The summed E-state index contributed by atoms with van der Waals surface area (Å²) in [4.78, 5) is 14.2. The smallest absolute Gasteiger partial charge is 0.224 e. The highest BCUT2D eigenvalue weighted by atomic mass is 16.5. The first kappa shape index (κ1) is 28.7. The second-order valence-corrected chi connectivity index (χ2v) is 9.48. The maximum absolute atomic E-state index is 12.4. The maximum atomic E-state index is 12.4. The molecule has 0 saturated heterocycles. The Morgan fingerprint density at radius 1 is 0.857 bits per heavy atom. The van der Waals surface area contributed by atoms with Gasteiger partial charge in [0.25, 0.3) is 0 Å². The molecule has 0 aliphatic carbocycles. The molecule has 0 radical (unpaired) electrons. The summed E-state index contributed by atoms with van der Waals surface area (Å²) in [6.45, 7) is 5.04. The Balaban J connectivity index is 1.73. The Kier molecular flexibility index (Phi) is 13.9. The van der Waals surface area contributed by atoms with Crippen LogP contribution in [0.25, 0.3) is 0 Å². The van der Waals surface area contributed by atoms with Crippen LogP contribution in [0.15, 0.2) is 42.6 Å². The Labute approximate surface area is 213 Å². The third kappa shape index (κ3) is 10.7. The van der Waals surface area contributed by atoms with Crippen molar-refractivity contribution in [2.45, 2.75) is 97.4 Å². The lowest BCUT2D eigenvalue weighted by atomic mass is 10.1. The molecule has 2 aromatic rings. The van der Waals surface area contributed by atoms with Crippen LogP contribution in [-0.4, -0.2) is 19.6 Å². The summed E-state index contributed by atoms with van der Waals surface area (Å²) in [5.74, 6) is 1.37. The van der Waals surface area contributed by atoms with E-state index >= 15 is 0 Å². The molecule has 5 nitrogen and oxygen atoms in total. The lowest BCUT2D eigenvalue weighted by molar-refractivity contribution is -0.679. The number of carbonyl (C=O) groups is 1. The molecule has 5 heteroatoms. The highest BCUT2D eigenvalue weighted by Gasteiger charge is 2.19. The number of rotatable bonds is 18. The van der Waals surface area contributed by atoms with Crippen LogP contribution in [0.5, 0.6) is 11.5 Å². The zero-order valence-corrected chi connectivity index (χ0v) is 22.6. The normalized spacial score (nSPS) is 10.9. The van der Waals surface area contributed by atoms with Gasteiger partial charge in [-0.25, -0.2) is 4.57 Å². The second-order valence-electron chi connectivity index (χ2n) is 9.48. The van der Waals surface area contributed by atoms with E-state index in [0.717, 1.165) is 23.6 Å². The van der Waals surface area contributed by atoms with Gasteiger partial charge >= 0.3 is 0 Å². The van der Waals surface area contributed by atoms with Gasteiger partial charge in [0.15, 0.2) is 17.7 Å². The van der Waals surface area contributed by atoms with Crippen LogP contribution in [0.3, 0.4) is 0 Å². The fourth-order valence-corrected chi connectivity index (χ4v) is 4.34. The Bertz CT molecular complexity index is 868. The molecule has 194 valence electrons. The number of anilines is 1. The molecule has 1 amide bonds. The van der Waals surface area contributed by atoms with E-state index in [4.69, 9.17) is 9.47 Å². The topological polar surface area (TPSA) is 42.7 Å². The molecule has 1 aromatic carbocycles. The fraction of sp³-hybridized carbons (Fsp3) is 0.600.